The van der Waals surface area contributed by atoms with Crippen LogP contribution in [-0.4, -0.2) is 31.9 Å². The van der Waals surface area contributed by atoms with Crippen molar-refractivity contribution in [3.05, 3.63) is 28.3 Å². The minimum Gasteiger partial charge on any atom is -0.493 e. The van der Waals surface area contributed by atoms with E-state index in [-0.39, 0.29) is 5.75 Å². The van der Waals surface area contributed by atoms with Crippen LogP contribution in [-0.2, 0) is 26.8 Å². The summed E-state index contributed by atoms with van der Waals surface area (Å²) in [5.41, 5.74) is 1.40. The van der Waals surface area contributed by atoms with Gasteiger partial charge in [0.15, 0.2) is 9.84 Å². The first-order valence-electron chi connectivity index (χ1n) is 6.16. The molecular formula is C13H15ClO5S. The molecule has 7 heteroatoms. The summed E-state index contributed by atoms with van der Waals surface area (Å²) in [4.78, 5) is 10.8. The van der Waals surface area contributed by atoms with Crippen molar-refractivity contribution in [3.63, 3.8) is 0 Å². The molecule has 1 aromatic rings. The number of halogens is 1. The fourth-order valence-electron chi connectivity index (χ4n) is 2.20. The predicted octanol–water partition coefficient (Wildman–Crippen LogP) is 1.91. The van der Waals surface area contributed by atoms with Crippen LogP contribution in [0.25, 0.3) is 0 Å². The molecule has 1 atom stereocenters. The molecule has 2 rings (SSSR count). The van der Waals surface area contributed by atoms with Gasteiger partial charge < -0.3 is 9.84 Å². The lowest BCUT2D eigenvalue weighted by atomic mass is 10.1. The first-order chi connectivity index (χ1) is 9.28. The van der Waals surface area contributed by atoms with Crippen molar-refractivity contribution in [1.82, 2.24) is 0 Å². The smallest absolute Gasteiger partial charge is 0.307 e. The molecule has 0 saturated heterocycles. The summed E-state index contributed by atoms with van der Waals surface area (Å²) < 4.78 is 29.6. The van der Waals surface area contributed by atoms with Crippen LogP contribution in [0.4, 0.5) is 0 Å². The molecule has 0 amide bonds. The molecule has 1 aromatic carbocycles. The highest BCUT2D eigenvalue weighted by atomic mass is 35.5. The molecule has 0 aliphatic carbocycles. The van der Waals surface area contributed by atoms with E-state index in [9.17, 15) is 13.2 Å². The molecule has 0 spiro atoms. The van der Waals surface area contributed by atoms with Gasteiger partial charge in [-0.2, -0.15) is 0 Å². The van der Waals surface area contributed by atoms with E-state index in [1.165, 1.54) is 6.92 Å². The van der Waals surface area contributed by atoms with Gasteiger partial charge in [-0.1, -0.05) is 18.5 Å². The summed E-state index contributed by atoms with van der Waals surface area (Å²) in [6, 6.07) is 3.33. The Morgan fingerprint density at radius 1 is 1.50 bits per heavy atom. The van der Waals surface area contributed by atoms with Gasteiger partial charge in [0.25, 0.3) is 0 Å². The van der Waals surface area contributed by atoms with Crippen LogP contribution in [0.1, 0.15) is 18.1 Å². The lowest BCUT2D eigenvalue weighted by molar-refractivity contribution is -0.140. The molecule has 110 valence electrons. The Bertz CT molecular complexity index is 638. The number of ether oxygens (including phenoxy) is 1. The van der Waals surface area contributed by atoms with E-state index in [2.05, 4.69) is 0 Å². The monoisotopic (exact) mass is 318 g/mol. The number of fused-ring (bicyclic) bond motifs is 1. The Balaban J connectivity index is 2.24. The summed E-state index contributed by atoms with van der Waals surface area (Å²) >= 11 is 5.97. The lowest BCUT2D eigenvalue weighted by Gasteiger charge is -2.11. The standard InChI is InChI=1S/C13H15ClO5S/c1-8(13(15)16)6-20(17,18)7-10-5-11(14)4-9-2-3-19-12(9)10/h4-5,8H,2-3,6-7H2,1H3,(H,15,16). The molecule has 5 nitrogen and oxygen atoms in total. The Morgan fingerprint density at radius 3 is 2.85 bits per heavy atom. The molecular weight excluding hydrogens is 304 g/mol. The quantitative estimate of drug-likeness (QED) is 0.897. The van der Waals surface area contributed by atoms with Crippen LogP contribution >= 0.6 is 11.6 Å². The zero-order valence-corrected chi connectivity index (χ0v) is 12.5. The fraction of sp³-hybridized carbons (Fsp3) is 0.462. The molecule has 0 bridgehead atoms. The highest BCUT2D eigenvalue weighted by Crippen LogP contribution is 2.34. The van der Waals surface area contributed by atoms with Crippen molar-refractivity contribution in [3.8, 4) is 5.75 Å². The number of carboxylic acids is 1. The van der Waals surface area contributed by atoms with Gasteiger partial charge in [-0.15, -0.1) is 0 Å². The molecule has 0 radical (unpaired) electrons. The van der Waals surface area contributed by atoms with Crippen LogP contribution in [0.3, 0.4) is 0 Å². The molecule has 0 aromatic heterocycles. The van der Waals surface area contributed by atoms with E-state index in [0.29, 0.717) is 29.4 Å². The minimum atomic E-state index is -3.54. The normalized spacial score (nSPS) is 15.5. The Hall–Kier alpha value is -1.27. The highest BCUT2D eigenvalue weighted by molar-refractivity contribution is 7.90. The van der Waals surface area contributed by atoms with E-state index in [4.69, 9.17) is 21.4 Å². The van der Waals surface area contributed by atoms with E-state index in [1.807, 2.05) is 0 Å². The van der Waals surface area contributed by atoms with Crippen LogP contribution in [0.15, 0.2) is 12.1 Å². The third kappa shape index (κ3) is 3.43. The van der Waals surface area contributed by atoms with Crippen molar-refractivity contribution in [2.75, 3.05) is 12.4 Å². The zero-order valence-electron chi connectivity index (χ0n) is 10.9. The maximum absolute atomic E-state index is 12.1. The van der Waals surface area contributed by atoms with Gasteiger partial charge in [-0.05, 0) is 17.7 Å². The molecule has 1 N–H and O–H groups in total. The number of aliphatic carboxylic acids is 1. The van der Waals surface area contributed by atoms with Crippen molar-refractivity contribution >= 4 is 27.4 Å². The van der Waals surface area contributed by atoms with E-state index < -0.39 is 27.5 Å². The first kappa shape index (κ1) is 15.1. The second-order valence-electron chi connectivity index (χ2n) is 4.95. The van der Waals surface area contributed by atoms with Gasteiger partial charge in [0.1, 0.15) is 5.75 Å². The number of hydrogen-bond acceptors (Lipinski definition) is 4. The second kappa shape index (κ2) is 5.61. The number of carboxylic acid groups (broad SMARTS) is 1. The summed E-state index contributed by atoms with van der Waals surface area (Å²) in [7, 11) is -3.54. The molecule has 1 aliphatic rings. The van der Waals surface area contributed by atoms with Gasteiger partial charge >= 0.3 is 5.97 Å². The SMILES string of the molecule is CC(CS(=O)(=O)Cc1cc(Cl)cc2c1OCC2)C(=O)O. The van der Waals surface area contributed by atoms with Crippen LogP contribution in [0, 0.1) is 5.92 Å². The number of sulfone groups is 1. The van der Waals surface area contributed by atoms with Gasteiger partial charge in [0.05, 0.1) is 24.0 Å². The Morgan fingerprint density at radius 2 is 2.20 bits per heavy atom. The second-order valence-corrected chi connectivity index (χ2v) is 7.49. The maximum atomic E-state index is 12.1. The van der Waals surface area contributed by atoms with E-state index in [1.54, 1.807) is 12.1 Å². The number of benzene rings is 1. The molecule has 0 fully saturated rings. The van der Waals surface area contributed by atoms with E-state index >= 15 is 0 Å². The molecule has 20 heavy (non-hydrogen) atoms. The lowest BCUT2D eigenvalue weighted by Crippen LogP contribution is -2.22. The third-order valence-corrected chi connectivity index (χ3v) is 5.10. The molecule has 1 heterocycles. The fourth-order valence-corrected chi connectivity index (χ4v) is 4.18. The largest absolute Gasteiger partial charge is 0.493 e. The Labute approximate surface area is 122 Å². The predicted molar refractivity (Wildman–Crippen MR) is 74.9 cm³/mol. The zero-order chi connectivity index (χ0) is 14.9. The average molecular weight is 319 g/mol. The summed E-state index contributed by atoms with van der Waals surface area (Å²) in [6.07, 6.45) is 0.703. The Kier molecular flexibility index (Phi) is 4.25. The van der Waals surface area contributed by atoms with Gasteiger partial charge in [0.2, 0.25) is 0 Å². The summed E-state index contributed by atoms with van der Waals surface area (Å²) in [5, 5.41) is 9.26. The molecule has 1 aliphatic heterocycles. The maximum Gasteiger partial charge on any atom is 0.307 e. The number of carbonyl (C=O) groups is 1. The van der Waals surface area contributed by atoms with Gasteiger partial charge in [0, 0.05) is 17.0 Å². The van der Waals surface area contributed by atoms with E-state index in [0.717, 1.165) is 5.56 Å². The van der Waals surface area contributed by atoms with Crippen molar-refractivity contribution < 1.29 is 23.1 Å². The number of hydrogen-bond donors (Lipinski definition) is 1. The van der Waals surface area contributed by atoms with Crippen molar-refractivity contribution in [1.29, 1.82) is 0 Å². The van der Waals surface area contributed by atoms with Crippen LogP contribution in [0.5, 0.6) is 5.75 Å². The molecule has 0 saturated carbocycles. The van der Waals surface area contributed by atoms with Gasteiger partial charge in [-0.3, -0.25) is 4.79 Å². The van der Waals surface area contributed by atoms with Crippen LogP contribution < -0.4 is 4.74 Å². The van der Waals surface area contributed by atoms with Crippen molar-refractivity contribution in [2.45, 2.75) is 19.1 Å². The van der Waals surface area contributed by atoms with Crippen LogP contribution in [0.2, 0.25) is 5.02 Å². The van der Waals surface area contributed by atoms with Gasteiger partial charge in [-0.25, -0.2) is 8.42 Å². The summed E-state index contributed by atoms with van der Waals surface area (Å²) in [5.74, 6) is -2.15. The minimum absolute atomic E-state index is 0.256. The third-order valence-electron chi connectivity index (χ3n) is 3.13. The molecule has 1 unspecified atom stereocenters. The highest BCUT2D eigenvalue weighted by Gasteiger charge is 2.25. The number of rotatable bonds is 5. The first-order valence-corrected chi connectivity index (χ1v) is 8.36. The summed E-state index contributed by atoms with van der Waals surface area (Å²) in [6.45, 7) is 1.88. The average Bonchev–Trinajstić information content (AvgIpc) is 2.75. The topological polar surface area (TPSA) is 80.7 Å². The van der Waals surface area contributed by atoms with Crippen molar-refractivity contribution in [2.24, 2.45) is 5.92 Å².